The van der Waals surface area contributed by atoms with Crippen LogP contribution in [-0.2, 0) is 0 Å². The van der Waals surface area contributed by atoms with Crippen LogP contribution in [-0.4, -0.2) is 0 Å². The molecule has 92 valence electrons. The van der Waals surface area contributed by atoms with Crippen molar-refractivity contribution in [2.45, 2.75) is 32.7 Å². The van der Waals surface area contributed by atoms with Crippen molar-refractivity contribution in [3.05, 3.63) is 35.8 Å². The predicted octanol–water partition coefficient (Wildman–Crippen LogP) is 4.01. The molecule has 0 saturated carbocycles. The standard InChI is InChI=1S/C14H18FNO/c1-3-9(4-2)14(16)13-8-10-7-11(15)5-6-12(10)17-13/h5-9,14H,3-4,16H2,1-2H3. The van der Waals surface area contributed by atoms with Crippen molar-refractivity contribution in [1.29, 1.82) is 0 Å². The van der Waals surface area contributed by atoms with E-state index in [0.717, 1.165) is 24.0 Å². The second-order valence-electron chi connectivity index (χ2n) is 4.43. The summed E-state index contributed by atoms with van der Waals surface area (Å²) in [6.07, 6.45) is 2.03. The predicted molar refractivity (Wildman–Crippen MR) is 67.2 cm³/mol. The highest BCUT2D eigenvalue weighted by Gasteiger charge is 2.19. The lowest BCUT2D eigenvalue weighted by Crippen LogP contribution is -2.19. The number of fused-ring (bicyclic) bond motifs is 1. The Hall–Kier alpha value is -1.35. The smallest absolute Gasteiger partial charge is 0.134 e. The number of furan rings is 1. The van der Waals surface area contributed by atoms with Gasteiger partial charge in [0.1, 0.15) is 17.2 Å². The summed E-state index contributed by atoms with van der Waals surface area (Å²) in [4.78, 5) is 0. The molecule has 1 aromatic heterocycles. The molecule has 2 rings (SSSR count). The molecule has 0 amide bonds. The number of hydrogen-bond acceptors (Lipinski definition) is 2. The third kappa shape index (κ3) is 2.34. The van der Waals surface area contributed by atoms with Crippen molar-refractivity contribution in [2.24, 2.45) is 11.7 Å². The summed E-state index contributed by atoms with van der Waals surface area (Å²) in [5.74, 6) is 0.903. The van der Waals surface area contributed by atoms with Crippen LogP contribution < -0.4 is 5.73 Å². The van der Waals surface area contributed by atoms with Crippen molar-refractivity contribution in [3.8, 4) is 0 Å². The molecule has 0 fully saturated rings. The van der Waals surface area contributed by atoms with Crippen molar-refractivity contribution >= 4 is 11.0 Å². The highest BCUT2D eigenvalue weighted by Crippen LogP contribution is 2.30. The van der Waals surface area contributed by atoms with Gasteiger partial charge in [-0.2, -0.15) is 0 Å². The maximum atomic E-state index is 13.1. The van der Waals surface area contributed by atoms with E-state index < -0.39 is 0 Å². The normalized spacial score (nSPS) is 13.5. The van der Waals surface area contributed by atoms with Gasteiger partial charge in [-0.05, 0) is 30.2 Å². The summed E-state index contributed by atoms with van der Waals surface area (Å²) in [7, 11) is 0. The summed E-state index contributed by atoms with van der Waals surface area (Å²) < 4.78 is 18.7. The molecule has 1 atom stereocenters. The van der Waals surface area contributed by atoms with Gasteiger partial charge < -0.3 is 10.2 Å². The lowest BCUT2D eigenvalue weighted by Gasteiger charge is -2.18. The second kappa shape index (κ2) is 4.88. The zero-order chi connectivity index (χ0) is 12.4. The largest absolute Gasteiger partial charge is 0.459 e. The fourth-order valence-electron chi connectivity index (χ4n) is 2.23. The topological polar surface area (TPSA) is 39.2 Å². The monoisotopic (exact) mass is 235 g/mol. The quantitative estimate of drug-likeness (QED) is 0.869. The Morgan fingerprint density at radius 2 is 1.94 bits per heavy atom. The van der Waals surface area contributed by atoms with Crippen LogP contribution in [0.3, 0.4) is 0 Å². The van der Waals surface area contributed by atoms with Crippen LogP contribution in [0.25, 0.3) is 11.0 Å². The molecule has 0 aliphatic carbocycles. The van der Waals surface area contributed by atoms with E-state index in [1.807, 2.05) is 6.07 Å². The Morgan fingerprint density at radius 1 is 1.24 bits per heavy atom. The van der Waals surface area contributed by atoms with Crippen LogP contribution in [0, 0.1) is 11.7 Å². The third-order valence-corrected chi connectivity index (χ3v) is 3.38. The van der Waals surface area contributed by atoms with Crippen molar-refractivity contribution < 1.29 is 8.81 Å². The minimum atomic E-state index is -0.249. The minimum absolute atomic E-state index is 0.111. The average Bonchev–Trinajstić information content (AvgIpc) is 2.73. The van der Waals surface area contributed by atoms with Crippen LogP contribution >= 0.6 is 0 Å². The molecule has 0 aliphatic heterocycles. The Bertz CT molecular complexity index is 502. The molecule has 1 unspecified atom stereocenters. The van der Waals surface area contributed by atoms with E-state index in [0.29, 0.717) is 11.5 Å². The SMILES string of the molecule is CCC(CC)C(N)c1cc2cc(F)ccc2o1. The van der Waals surface area contributed by atoms with Gasteiger partial charge in [0.15, 0.2) is 0 Å². The van der Waals surface area contributed by atoms with Crippen molar-refractivity contribution in [3.63, 3.8) is 0 Å². The molecule has 2 N–H and O–H groups in total. The zero-order valence-corrected chi connectivity index (χ0v) is 10.2. The molecular weight excluding hydrogens is 217 g/mol. The van der Waals surface area contributed by atoms with Gasteiger partial charge in [-0.3, -0.25) is 0 Å². The van der Waals surface area contributed by atoms with E-state index in [9.17, 15) is 4.39 Å². The fourth-order valence-corrected chi connectivity index (χ4v) is 2.23. The number of halogens is 1. The van der Waals surface area contributed by atoms with E-state index in [1.54, 1.807) is 6.07 Å². The number of benzene rings is 1. The molecule has 1 heterocycles. The van der Waals surface area contributed by atoms with Crippen LogP contribution in [0.2, 0.25) is 0 Å². The van der Waals surface area contributed by atoms with Gasteiger partial charge in [0.2, 0.25) is 0 Å². The van der Waals surface area contributed by atoms with Crippen LogP contribution in [0.1, 0.15) is 38.5 Å². The highest BCUT2D eigenvalue weighted by molar-refractivity contribution is 5.78. The second-order valence-corrected chi connectivity index (χ2v) is 4.43. The van der Waals surface area contributed by atoms with Gasteiger partial charge in [-0.1, -0.05) is 26.7 Å². The summed E-state index contributed by atoms with van der Waals surface area (Å²) >= 11 is 0. The van der Waals surface area contributed by atoms with Gasteiger partial charge in [0, 0.05) is 5.39 Å². The third-order valence-electron chi connectivity index (χ3n) is 3.38. The zero-order valence-electron chi connectivity index (χ0n) is 10.2. The maximum absolute atomic E-state index is 13.1. The molecule has 0 aliphatic rings. The summed E-state index contributed by atoms with van der Waals surface area (Å²) in [6, 6.07) is 6.26. The molecule has 0 saturated heterocycles. The first kappa shape index (κ1) is 12.1. The number of rotatable bonds is 4. The summed E-state index contributed by atoms with van der Waals surface area (Å²) in [5.41, 5.74) is 6.87. The maximum Gasteiger partial charge on any atom is 0.134 e. The Kier molecular flexibility index (Phi) is 3.48. The van der Waals surface area contributed by atoms with E-state index in [4.69, 9.17) is 10.2 Å². The molecular formula is C14H18FNO. The first-order valence-electron chi connectivity index (χ1n) is 6.10. The molecule has 0 bridgehead atoms. The van der Waals surface area contributed by atoms with E-state index >= 15 is 0 Å². The highest BCUT2D eigenvalue weighted by atomic mass is 19.1. The lowest BCUT2D eigenvalue weighted by atomic mass is 9.93. The minimum Gasteiger partial charge on any atom is -0.459 e. The fraction of sp³-hybridized carbons (Fsp3) is 0.429. The number of nitrogens with two attached hydrogens (primary N) is 1. The molecule has 3 heteroatoms. The van der Waals surface area contributed by atoms with Gasteiger partial charge >= 0.3 is 0 Å². The molecule has 0 radical (unpaired) electrons. The van der Waals surface area contributed by atoms with Crippen molar-refractivity contribution in [1.82, 2.24) is 0 Å². The Balaban J connectivity index is 2.35. The Morgan fingerprint density at radius 3 is 2.59 bits per heavy atom. The summed E-state index contributed by atoms with van der Waals surface area (Å²) in [6.45, 7) is 4.24. The Labute approximate surface area is 101 Å². The van der Waals surface area contributed by atoms with Gasteiger partial charge in [0.25, 0.3) is 0 Å². The average molecular weight is 235 g/mol. The van der Waals surface area contributed by atoms with E-state index in [1.165, 1.54) is 12.1 Å². The van der Waals surface area contributed by atoms with E-state index in [2.05, 4.69) is 13.8 Å². The summed E-state index contributed by atoms with van der Waals surface area (Å²) in [5, 5.41) is 0.779. The first-order chi connectivity index (χ1) is 8.15. The molecule has 2 nitrogen and oxygen atoms in total. The lowest BCUT2D eigenvalue weighted by molar-refractivity contribution is 0.355. The van der Waals surface area contributed by atoms with Gasteiger partial charge in [-0.15, -0.1) is 0 Å². The van der Waals surface area contributed by atoms with Crippen LogP contribution in [0.15, 0.2) is 28.7 Å². The van der Waals surface area contributed by atoms with Crippen LogP contribution in [0.5, 0.6) is 0 Å². The van der Waals surface area contributed by atoms with Crippen LogP contribution in [0.4, 0.5) is 4.39 Å². The first-order valence-corrected chi connectivity index (χ1v) is 6.10. The van der Waals surface area contributed by atoms with Gasteiger partial charge in [-0.25, -0.2) is 4.39 Å². The van der Waals surface area contributed by atoms with Crippen molar-refractivity contribution in [2.75, 3.05) is 0 Å². The molecule has 0 spiro atoms. The number of hydrogen-bond donors (Lipinski definition) is 1. The molecule has 1 aromatic carbocycles. The van der Waals surface area contributed by atoms with Gasteiger partial charge in [0.05, 0.1) is 6.04 Å². The molecule has 2 aromatic rings. The van der Waals surface area contributed by atoms with E-state index in [-0.39, 0.29) is 11.9 Å². The molecule has 17 heavy (non-hydrogen) atoms.